The molecule has 0 N–H and O–H groups in total. The summed E-state index contributed by atoms with van der Waals surface area (Å²) in [5, 5.41) is 9.05. The molecular formula is C20H19FN2O. The number of hydrogen-bond acceptors (Lipinski definition) is 2. The van der Waals surface area contributed by atoms with Gasteiger partial charge in [0.05, 0.1) is 12.0 Å². The fraction of sp³-hybridized carbons (Fsp3) is 0.300. The van der Waals surface area contributed by atoms with Gasteiger partial charge in [-0.1, -0.05) is 23.8 Å². The highest BCUT2D eigenvalue weighted by molar-refractivity contribution is 5.94. The van der Waals surface area contributed by atoms with Crippen molar-refractivity contribution in [2.24, 2.45) is 5.92 Å². The standard InChI is InChI=1S/C20H19FN2O/c1-14-4-9-19(21)18(11-14)16-5-7-17(8-6-16)20(24)23-10-2-3-15(12-22)13-23/h4-9,11,15H,2-3,10,13H2,1H3. The number of carbonyl (C=O) groups is 1. The number of nitriles is 1. The largest absolute Gasteiger partial charge is 0.337 e. The first-order valence-electron chi connectivity index (χ1n) is 8.14. The van der Waals surface area contributed by atoms with Gasteiger partial charge in [0.2, 0.25) is 0 Å². The van der Waals surface area contributed by atoms with Crippen LogP contribution in [0.25, 0.3) is 11.1 Å². The molecule has 0 spiro atoms. The molecule has 0 saturated carbocycles. The Labute approximate surface area is 141 Å². The van der Waals surface area contributed by atoms with E-state index in [4.69, 9.17) is 5.26 Å². The van der Waals surface area contributed by atoms with E-state index in [9.17, 15) is 9.18 Å². The van der Waals surface area contributed by atoms with Crippen LogP contribution in [0.5, 0.6) is 0 Å². The van der Waals surface area contributed by atoms with E-state index in [-0.39, 0.29) is 17.6 Å². The maximum atomic E-state index is 14.0. The van der Waals surface area contributed by atoms with Crippen molar-refractivity contribution in [2.75, 3.05) is 13.1 Å². The maximum Gasteiger partial charge on any atom is 0.253 e. The lowest BCUT2D eigenvalue weighted by Gasteiger charge is -2.29. The number of halogens is 1. The van der Waals surface area contributed by atoms with Crippen LogP contribution in [0.2, 0.25) is 0 Å². The molecule has 1 saturated heterocycles. The number of aryl methyl sites for hydroxylation is 1. The molecule has 3 rings (SSSR count). The lowest BCUT2D eigenvalue weighted by molar-refractivity contribution is 0.0699. The van der Waals surface area contributed by atoms with Gasteiger partial charge in [-0.3, -0.25) is 4.79 Å². The van der Waals surface area contributed by atoms with E-state index in [2.05, 4.69) is 6.07 Å². The predicted molar refractivity (Wildman–Crippen MR) is 90.8 cm³/mol. The maximum absolute atomic E-state index is 14.0. The number of piperidine rings is 1. The average Bonchev–Trinajstić information content (AvgIpc) is 2.63. The Morgan fingerprint density at radius 2 is 2.00 bits per heavy atom. The van der Waals surface area contributed by atoms with Gasteiger partial charge >= 0.3 is 0 Å². The molecule has 1 aliphatic heterocycles. The molecule has 1 unspecified atom stereocenters. The van der Waals surface area contributed by atoms with Crippen molar-refractivity contribution in [1.82, 2.24) is 4.90 Å². The number of carbonyl (C=O) groups excluding carboxylic acids is 1. The summed E-state index contributed by atoms with van der Waals surface area (Å²) in [5.41, 5.74) is 2.85. The molecule has 2 aromatic rings. The summed E-state index contributed by atoms with van der Waals surface area (Å²) in [6, 6.07) is 14.3. The van der Waals surface area contributed by atoms with Crippen LogP contribution in [0.3, 0.4) is 0 Å². The number of amides is 1. The van der Waals surface area contributed by atoms with Crippen molar-refractivity contribution < 1.29 is 9.18 Å². The van der Waals surface area contributed by atoms with E-state index in [1.165, 1.54) is 6.07 Å². The van der Waals surface area contributed by atoms with Crippen molar-refractivity contribution >= 4 is 5.91 Å². The summed E-state index contributed by atoms with van der Waals surface area (Å²) in [7, 11) is 0. The van der Waals surface area contributed by atoms with E-state index in [0.717, 1.165) is 24.0 Å². The molecule has 1 fully saturated rings. The normalized spacial score (nSPS) is 17.4. The first-order chi connectivity index (χ1) is 11.6. The van der Waals surface area contributed by atoms with E-state index < -0.39 is 0 Å². The van der Waals surface area contributed by atoms with E-state index in [1.54, 1.807) is 41.3 Å². The van der Waals surface area contributed by atoms with Crippen LogP contribution in [-0.2, 0) is 0 Å². The molecule has 4 heteroatoms. The SMILES string of the molecule is Cc1ccc(F)c(-c2ccc(C(=O)N3CCCC(C#N)C3)cc2)c1. The molecule has 0 aromatic heterocycles. The highest BCUT2D eigenvalue weighted by Crippen LogP contribution is 2.25. The van der Waals surface area contributed by atoms with Gasteiger partial charge in [0.15, 0.2) is 0 Å². The number of nitrogens with zero attached hydrogens (tertiary/aromatic N) is 2. The summed E-state index contributed by atoms with van der Waals surface area (Å²) in [4.78, 5) is 14.3. The third-order valence-corrected chi connectivity index (χ3v) is 4.46. The second-order valence-corrected chi connectivity index (χ2v) is 6.28. The van der Waals surface area contributed by atoms with Crippen molar-refractivity contribution in [3.63, 3.8) is 0 Å². The van der Waals surface area contributed by atoms with Gasteiger partial charge in [-0.05, 0) is 49.6 Å². The van der Waals surface area contributed by atoms with E-state index >= 15 is 0 Å². The predicted octanol–water partition coefficient (Wildman–Crippen LogP) is 4.18. The minimum atomic E-state index is -0.271. The smallest absolute Gasteiger partial charge is 0.253 e. The zero-order valence-corrected chi connectivity index (χ0v) is 13.6. The minimum absolute atomic E-state index is 0.0637. The summed E-state index contributed by atoms with van der Waals surface area (Å²) in [5.74, 6) is -0.415. The Hall–Kier alpha value is -2.67. The van der Waals surface area contributed by atoms with Crippen molar-refractivity contribution in [3.05, 3.63) is 59.4 Å². The molecule has 0 radical (unpaired) electrons. The second kappa shape index (κ2) is 6.84. The third-order valence-electron chi connectivity index (χ3n) is 4.46. The topological polar surface area (TPSA) is 44.1 Å². The van der Waals surface area contributed by atoms with Crippen LogP contribution in [0, 0.1) is 30.0 Å². The van der Waals surface area contributed by atoms with E-state index in [1.807, 2.05) is 6.92 Å². The summed E-state index contributed by atoms with van der Waals surface area (Å²) < 4.78 is 14.0. The molecule has 1 heterocycles. The fourth-order valence-corrected chi connectivity index (χ4v) is 3.10. The van der Waals surface area contributed by atoms with Gasteiger partial charge in [0.1, 0.15) is 5.82 Å². The van der Waals surface area contributed by atoms with Crippen LogP contribution in [0.1, 0.15) is 28.8 Å². The van der Waals surface area contributed by atoms with E-state index in [0.29, 0.717) is 24.2 Å². The molecule has 3 nitrogen and oxygen atoms in total. The van der Waals surface area contributed by atoms with Crippen LogP contribution in [-0.4, -0.2) is 23.9 Å². The zero-order chi connectivity index (χ0) is 17.1. The Morgan fingerprint density at radius 3 is 2.71 bits per heavy atom. The Balaban J connectivity index is 1.80. The summed E-state index contributed by atoms with van der Waals surface area (Å²) in [6.45, 7) is 3.09. The first kappa shape index (κ1) is 16.2. The molecule has 122 valence electrons. The number of rotatable bonds is 2. The molecule has 0 bridgehead atoms. The first-order valence-corrected chi connectivity index (χ1v) is 8.14. The number of benzene rings is 2. The zero-order valence-electron chi connectivity index (χ0n) is 13.6. The van der Waals surface area contributed by atoms with Crippen LogP contribution in [0.15, 0.2) is 42.5 Å². The fourth-order valence-electron chi connectivity index (χ4n) is 3.10. The number of hydrogen-bond donors (Lipinski definition) is 0. The average molecular weight is 322 g/mol. The highest BCUT2D eigenvalue weighted by Gasteiger charge is 2.24. The van der Waals surface area contributed by atoms with Crippen LogP contribution >= 0.6 is 0 Å². The monoisotopic (exact) mass is 322 g/mol. The Bertz CT molecular complexity index is 792. The second-order valence-electron chi connectivity index (χ2n) is 6.28. The molecule has 1 aliphatic rings. The molecule has 0 aliphatic carbocycles. The van der Waals surface area contributed by atoms with Crippen LogP contribution < -0.4 is 0 Å². The van der Waals surface area contributed by atoms with Crippen molar-refractivity contribution in [1.29, 1.82) is 5.26 Å². The van der Waals surface area contributed by atoms with Gasteiger partial charge in [0, 0.05) is 24.2 Å². The van der Waals surface area contributed by atoms with Gasteiger partial charge in [-0.2, -0.15) is 5.26 Å². The van der Waals surface area contributed by atoms with Gasteiger partial charge in [0.25, 0.3) is 5.91 Å². The van der Waals surface area contributed by atoms with Gasteiger partial charge in [-0.25, -0.2) is 4.39 Å². The number of likely N-dealkylation sites (tertiary alicyclic amines) is 1. The quantitative estimate of drug-likeness (QED) is 0.832. The van der Waals surface area contributed by atoms with Gasteiger partial charge in [-0.15, -0.1) is 0 Å². The lowest BCUT2D eigenvalue weighted by atomic mass is 9.98. The molecule has 2 aromatic carbocycles. The summed E-state index contributed by atoms with van der Waals surface area (Å²) >= 11 is 0. The highest BCUT2D eigenvalue weighted by atomic mass is 19.1. The summed E-state index contributed by atoms with van der Waals surface area (Å²) in [6.07, 6.45) is 1.71. The Kier molecular flexibility index (Phi) is 4.61. The Morgan fingerprint density at radius 1 is 1.25 bits per heavy atom. The third kappa shape index (κ3) is 3.30. The minimum Gasteiger partial charge on any atom is -0.337 e. The van der Waals surface area contributed by atoms with Crippen molar-refractivity contribution in [2.45, 2.75) is 19.8 Å². The van der Waals surface area contributed by atoms with Crippen LogP contribution in [0.4, 0.5) is 4.39 Å². The molecule has 1 atom stereocenters. The van der Waals surface area contributed by atoms with Gasteiger partial charge < -0.3 is 4.90 Å². The van der Waals surface area contributed by atoms with Crippen molar-refractivity contribution in [3.8, 4) is 17.2 Å². The lowest BCUT2D eigenvalue weighted by Crippen LogP contribution is -2.39. The molecule has 1 amide bonds. The molecular weight excluding hydrogens is 303 g/mol. The molecule has 24 heavy (non-hydrogen) atoms.